The number of piperidine rings is 2. The van der Waals surface area contributed by atoms with Crippen molar-refractivity contribution in [2.24, 2.45) is 0 Å². The fraction of sp³-hybridized carbons (Fsp3) is 1.00. The Labute approximate surface area is 228 Å². The molecule has 0 radical (unpaired) electrons. The molecule has 0 N–H and O–H groups in total. The Balaban J connectivity index is 0.000000241. The van der Waals surface area contributed by atoms with E-state index in [2.05, 4.69) is 75.0 Å². The maximum absolute atomic E-state index is 2.59. The fourth-order valence-electron chi connectivity index (χ4n) is 5.74. The first-order valence-corrected chi connectivity index (χ1v) is 16.2. The van der Waals surface area contributed by atoms with E-state index in [0.29, 0.717) is 0 Å². The monoisotopic (exact) mass is 509 g/mol. The topological polar surface area (TPSA) is 13.0 Å². The van der Waals surface area contributed by atoms with E-state index >= 15 is 0 Å². The Hall–Kier alpha value is -0.160. The molecule has 4 aliphatic rings. The van der Waals surface area contributed by atoms with Gasteiger partial charge in [-0.15, -0.1) is 0 Å². The second-order valence-electron chi connectivity index (χ2n) is 12.8. The molecule has 4 fully saturated rings. The highest BCUT2D eigenvalue weighted by atomic mass is 15.2. The molecule has 0 aromatic rings. The van der Waals surface area contributed by atoms with Crippen LogP contribution in [-0.2, 0) is 0 Å². The van der Waals surface area contributed by atoms with Gasteiger partial charge in [-0.25, -0.2) is 0 Å². The molecule has 0 unspecified atom stereocenters. The standard InChI is InChI=1S/C9H19N.2C8H17N.C7H15N/c1-9(2)10-7-5-3-4-6-8-10;2*1-8(2)9-6-4-3-5-7-9;1-7(2)8-5-3-4-6-8/h9H,3-8H2,1-2H3;2*8H,3-7H2,1-2H3;7H,3-6H2,1-2H3. The Morgan fingerprint density at radius 2 is 0.389 bits per heavy atom. The predicted molar refractivity (Wildman–Crippen MR) is 162 cm³/mol. The van der Waals surface area contributed by atoms with Gasteiger partial charge < -0.3 is 19.6 Å². The molecule has 4 saturated heterocycles. The minimum atomic E-state index is 0.762. The summed E-state index contributed by atoms with van der Waals surface area (Å²) in [4.78, 5) is 10.2. The highest BCUT2D eigenvalue weighted by Gasteiger charge is 2.14. The summed E-state index contributed by atoms with van der Waals surface area (Å²) in [6.07, 6.45) is 17.1. The molecule has 4 nitrogen and oxygen atoms in total. The van der Waals surface area contributed by atoms with Crippen molar-refractivity contribution < 1.29 is 0 Å². The summed E-state index contributed by atoms with van der Waals surface area (Å²) in [6.45, 7) is 28.9. The Morgan fingerprint density at radius 3 is 0.556 bits per heavy atom. The fourth-order valence-corrected chi connectivity index (χ4v) is 5.74. The van der Waals surface area contributed by atoms with Gasteiger partial charge in [0.05, 0.1) is 0 Å². The van der Waals surface area contributed by atoms with Crippen LogP contribution in [-0.4, -0.2) is 96.1 Å². The van der Waals surface area contributed by atoms with Crippen LogP contribution < -0.4 is 0 Å². The lowest BCUT2D eigenvalue weighted by atomic mass is 10.1. The van der Waals surface area contributed by atoms with Gasteiger partial charge in [0, 0.05) is 24.2 Å². The summed E-state index contributed by atoms with van der Waals surface area (Å²) in [6, 6.07) is 3.08. The van der Waals surface area contributed by atoms with Gasteiger partial charge in [0.1, 0.15) is 0 Å². The van der Waals surface area contributed by atoms with E-state index < -0.39 is 0 Å². The van der Waals surface area contributed by atoms with E-state index in [0.717, 1.165) is 24.2 Å². The molecule has 0 aromatic carbocycles. The number of hydrogen-bond acceptors (Lipinski definition) is 4. The largest absolute Gasteiger partial charge is 0.301 e. The summed E-state index contributed by atoms with van der Waals surface area (Å²) in [5, 5.41) is 0. The van der Waals surface area contributed by atoms with Crippen LogP contribution in [0.15, 0.2) is 0 Å². The molecule has 0 spiro atoms. The van der Waals surface area contributed by atoms with Crippen LogP contribution in [0.2, 0.25) is 0 Å². The second kappa shape index (κ2) is 20.8. The van der Waals surface area contributed by atoms with Crippen LogP contribution in [0.1, 0.15) is 132 Å². The van der Waals surface area contributed by atoms with Gasteiger partial charge >= 0.3 is 0 Å². The average Bonchev–Trinajstić information content (AvgIpc) is 3.29. The summed E-state index contributed by atoms with van der Waals surface area (Å²) >= 11 is 0. The lowest BCUT2D eigenvalue weighted by molar-refractivity contribution is 0.185. The van der Waals surface area contributed by atoms with Crippen LogP contribution in [0.5, 0.6) is 0 Å². The Kier molecular flexibility index (Phi) is 19.5. The van der Waals surface area contributed by atoms with Crippen molar-refractivity contribution in [1.29, 1.82) is 0 Å². The van der Waals surface area contributed by atoms with Crippen LogP contribution in [0.4, 0.5) is 0 Å². The molecule has 4 heteroatoms. The van der Waals surface area contributed by atoms with E-state index in [1.807, 2.05) is 0 Å². The minimum absolute atomic E-state index is 0.762. The molecule has 0 amide bonds. The normalized spacial score (nSPS) is 23.0. The van der Waals surface area contributed by atoms with Crippen LogP contribution in [0, 0.1) is 0 Å². The highest BCUT2D eigenvalue weighted by molar-refractivity contribution is 4.70. The van der Waals surface area contributed by atoms with Crippen molar-refractivity contribution in [2.75, 3.05) is 52.4 Å². The number of rotatable bonds is 4. The first-order valence-electron chi connectivity index (χ1n) is 16.2. The van der Waals surface area contributed by atoms with Gasteiger partial charge in [0.25, 0.3) is 0 Å². The van der Waals surface area contributed by atoms with Crippen LogP contribution >= 0.6 is 0 Å². The molecule has 0 bridgehead atoms. The van der Waals surface area contributed by atoms with Gasteiger partial charge in [-0.2, -0.15) is 0 Å². The summed E-state index contributed by atoms with van der Waals surface area (Å²) in [7, 11) is 0. The molecule has 4 aliphatic heterocycles. The maximum Gasteiger partial charge on any atom is 0.00385 e. The number of hydrogen-bond donors (Lipinski definition) is 0. The quantitative estimate of drug-likeness (QED) is 0.389. The van der Waals surface area contributed by atoms with E-state index in [9.17, 15) is 0 Å². The molecule has 0 atom stereocenters. The van der Waals surface area contributed by atoms with Gasteiger partial charge in [0.15, 0.2) is 0 Å². The molecule has 4 rings (SSSR count). The molecule has 36 heavy (non-hydrogen) atoms. The smallest absolute Gasteiger partial charge is 0.00385 e. The highest BCUT2D eigenvalue weighted by Crippen LogP contribution is 2.13. The van der Waals surface area contributed by atoms with Gasteiger partial charge in [-0.1, -0.05) is 25.7 Å². The third kappa shape index (κ3) is 15.9. The van der Waals surface area contributed by atoms with E-state index in [1.165, 1.54) is 129 Å². The first kappa shape index (κ1) is 33.9. The van der Waals surface area contributed by atoms with E-state index in [4.69, 9.17) is 0 Å². The predicted octanol–water partition coefficient (Wildman–Crippen LogP) is 7.52. The molecule has 216 valence electrons. The lowest BCUT2D eigenvalue weighted by Gasteiger charge is -2.29. The van der Waals surface area contributed by atoms with Crippen molar-refractivity contribution in [1.82, 2.24) is 19.6 Å². The number of nitrogens with zero attached hydrogens (tertiary/aromatic N) is 4. The van der Waals surface area contributed by atoms with Gasteiger partial charge in [-0.05, 0) is 159 Å². The first-order chi connectivity index (χ1) is 17.2. The number of likely N-dealkylation sites (tertiary alicyclic amines) is 4. The molecule has 0 aromatic heterocycles. The zero-order chi connectivity index (χ0) is 26.8. The van der Waals surface area contributed by atoms with Crippen molar-refractivity contribution in [3.05, 3.63) is 0 Å². The molecule has 0 aliphatic carbocycles. The summed E-state index contributed by atoms with van der Waals surface area (Å²) in [5.74, 6) is 0. The SMILES string of the molecule is CC(C)N1CCCC1.CC(C)N1CCCCC1.CC(C)N1CCCCC1.CC(C)N1CCCCCC1. The third-order valence-corrected chi connectivity index (χ3v) is 8.48. The van der Waals surface area contributed by atoms with Crippen molar-refractivity contribution in [3.8, 4) is 0 Å². The lowest BCUT2D eigenvalue weighted by Crippen LogP contribution is -2.35. The summed E-state index contributed by atoms with van der Waals surface area (Å²) < 4.78 is 0. The average molecular weight is 509 g/mol. The third-order valence-electron chi connectivity index (χ3n) is 8.48. The second-order valence-corrected chi connectivity index (χ2v) is 12.8. The molecular formula is C32H68N4. The van der Waals surface area contributed by atoms with Crippen LogP contribution in [0.3, 0.4) is 0 Å². The van der Waals surface area contributed by atoms with Crippen molar-refractivity contribution in [3.63, 3.8) is 0 Å². The van der Waals surface area contributed by atoms with E-state index in [1.54, 1.807) is 0 Å². The molecule has 0 saturated carbocycles. The zero-order valence-electron chi connectivity index (χ0n) is 26.2. The van der Waals surface area contributed by atoms with Crippen molar-refractivity contribution >= 4 is 0 Å². The van der Waals surface area contributed by atoms with Gasteiger partial charge in [-0.3, -0.25) is 0 Å². The molecule has 4 heterocycles. The van der Waals surface area contributed by atoms with Gasteiger partial charge in [0.2, 0.25) is 0 Å². The minimum Gasteiger partial charge on any atom is -0.301 e. The Bertz CT molecular complexity index is 443. The maximum atomic E-state index is 2.59. The van der Waals surface area contributed by atoms with E-state index in [-0.39, 0.29) is 0 Å². The van der Waals surface area contributed by atoms with Crippen molar-refractivity contribution in [2.45, 2.75) is 157 Å². The summed E-state index contributed by atoms with van der Waals surface area (Å²) in [5.41, 5.74) is 0. The Morgan fingerprint density at radius 1 is 0.250 bits per heavy atom. The van der Waals surface area contributed by atoms with Crippen LogP contribution in [0.25, 0.3) is 0 Å². The molecular weight excluding hydrogens is 440 g/mol. The zero-order valence-corrected chi connectivity index (χ0v) is 26.2.